The maximum Gasteiger partial charge on any atom is 0.0670 e. The van der Waals surface area contributed by atoms with Crippen LogP contribution in [0, 0.1) is 23.2 Å². The molecule has 0 saturated carbocycles. The molecule has 2 saturated heterocycles. The van der Waals surface area contributed by atoms with Crippen molar-refractivity contribution in [2.45, 2.75) is 45.1 Å². The summed E-state index contributed by atoms with van der Waals surface area (Å²) in [7, 11) is 0. The van der Waals surface area contributed by atoms with Crippen molar-refractivity contribution in [3.63, 3.8) is 0 Å². The van der Waals surface area contributed by atoms with Gasteiger partial charge in [0.1, 0.15) is 0 Å². The van der Waals surface area contributed by atoms with E-state index in [4.69, 9.17) is 5.26 Å². The van der Waals surface area contributed by atoms with Crippen LogP contribution in [0.15, 0.2) is 0 Å². The number of hydrogen-bond acceptors (Lipinski definition) is 2. The fraction of sp³-hybridized carbons (Fsp3) is 0.917. The first-order valence-electron chi connectivity index (χ1n) is 5.81. The van der Waals surface area contributed by atoms with Gasteiger partial charge in [-0.15, -0.1) is 0 Å². The Morgan fingerprint density at radius 2 is 2.36 bits per heavy atom. The third-order valence-corrected chi connectivity index (χ3v) is 3.78. The highest BCUT2D eigenvalue weighted by Crippen LogP contribution is 2.45. The van der Waals surface area contributed by atoms with Gasteiger partial charge >= 0.3 is 0 Å². The Bertz CT molecular complexity index is 254. The average Bonchev–Trinajstić information content (AvgIpc) is 2.58. The van der Waals surface area contributed by atoms with E-state index >= 15 is 0 Å². The van der Waals surface area contributed by atoms with E-state index in [1.165, 1.54) is 25.8 Å². The minimum Gasteiger partial charge on any atom is -0.296 e. The molecule has 2 heterocycles. The zero-order valence-electron chi connectivity index (χ0n) is 9.29. The first kappa shape index (κ1) is 9.98. The molecule has 2 aliphatic rings. The van der Waals surface area contributed by atoms with Crippen molar-refractivity contribution < 1.29 is 0 Å². The van der Waals surface area contributed by atoms with Gasteiger partial charge in [0, 0.05) is 12.1 Å². The van der Waals surface area contributed by atoms with Crippen LogP contribution in [-0.4, -0.2) is 23.5 Å². The highest BCUT2D eigenvalue weighted by atomic mass is 15.2. The van der Waals surface area contributed by atoms with E-state index in [0.717, 1.165) is 18.9 Å². The maximum absolute atomic E-state index is 8.99. The van der Waals surface area contributed by atoms with Gasteiger partial charge in [-0.05, 0) is 38.1 Å². The second kappa shape index (κ2) is 3.55. The third kappa shape index (κ3) is 1.54. The molecule has 2 aliphatic heterocycles. The molecule has 0 aromatic rings. The van der Waals surface area contributed by atoms with E-state index in [1.807, 2.05) is 0 Å². The lowest BCUT2D eigenvalue weighted by molar-refractivity contribution is 0.163. The van der Waals surface area contributed by atoms with Gasteiger partial charge in [0.15, 0.2) is 0 Å². The lowest BCUT2D eigenvalue weighted by atomic mass is 9.83. The molecule has 2 atom stereocenters. The normalized spacial score (nSPS) is 37.4. The molecule has 0 aliphatic carbocycles. The smallest absolute Gasteiger partial charge is 0.0670 e. The topological polar surface area (TPSA) is 27.0 Å². The number of rotatable bonds is 2. The van der Waals surface area contributed by atoms with E-state index < -0.39 is 0 Å². The second-order valence-electron chi connectivity index (χ2n) is 5.40. The molecule has 2 fully saturated rings. The summed E-state index contributed by atoms with van der Waals surface area (Å²) in [6.45, 7) is 6.85. The summed E-state index contributed by atoms with van der Waals surface area (Å²) in [6.07, 6.45) is 5.07. The molecular formula is C12H20N2. The lowest BCUT2D eigenvalue weighted by Crippen LogP contribution is -2.39. The zero-order chi connectivity index (χ0) is 10.2. The molecule has 2 heteroatoms. The van der Waals surface area contributed by atoms with Crippen LogP contribution in [-0.2, 0) is 0 Å². The molecular weight excluding hydrogens is 172 g/mol. The molecule has 0 amide bonds. The van der Waals surface area contributed by atoms with Gasteiger partial charge in [0.05, 0.1) is 12.0 Å². The minimum atomic E-state index is 0.300. The molecule has 0 unspecified atom stereocenters. The third-order valence-electron chi connectivity index (χ3n) is 3.78. The van der Waals surface area contributed by atoms with E-state index in [-0.39, 0.29) is 0 Å². The van der Waals surface area contributed by atoms with Crippen molar-refractivity contribution in [2.24, 2.45) is 11.8 Å². The van der Waals surface area contributed by atoms with Gasteiger partial charge < -0.3 is 0 Å². The molecule has 0 bridgehead atoms. The molecule has 0 radical (unpaired) electrons. The number of fused-ring (bicyclic) bond motifs is 1. The molecule has 0 N–H and O–H groups in total. The van der Waals surface area contributed by atoms with Crippen LogP contribution in [0.2, 0.25) is 0 Å². The van der Waals surface area contributed by atoms with Crippen molar-refractivity contribution in [1.82, 2.24) is 4.90 Å². The van der Waals surface area contributed by atoms with Crippen LogP contribution in [0.4, 0.5) is 0 Å². The largest absolute Gasteiger partial charge is 0.296 e. The summed E-state index contributed by atoms with van der Waals surface area (Å²) in [6, 6.07) is 2.45. The van der Waals surface area contributed by atoms with Crippen LogP contribution < -0.4 is 0 Å². The Morgan fingerprint density at radius 3 is 3.00 bits per heavy atom. The predicted octanol–water partition coefficient (Wildman–Crippen LogP) is 2.41. The first-order valence-corrected chi connectivity index (χ1v) is 5.81. The van der Waals surface area contributed by atoms with Crippen molar-refractivity contribution in [2.75, 3.05) is 13.1 Å². The van der Waals surface area contributed by atoms with Crippen LogP contribution in [0.5, 0.6) is 0 Å². The van der Waals surface area contributed by atoms with Crippen molar-refractivity contribution in [3.05, 3.63) is 0 Å². The molecule has 0 spiro atoms. The quantitative estimate of drug-likeness (QED) is 0.672. The predicted molar refractivity (Wildman–Crippen MR) is 56.7 cm³/mol. The Balaban J connectivity index is 2.11. The summed E-state index contributed by atoms with van der Waals surface area (Å²) in [4.78, 5) is 2.58. The van der Waals surface area contributed by atoms with Crippen molar-refractivity contribution in [3.8, 4) is 6.07 Å². The van der Waals surface area contributed by atoms with E-state index in [1.54, 1.807) is 0 Å². The van der Waals surface area contributed by atoms with Crippen LogP contribution in [0.3, 0.4) is 0 Å². The number of hydrogen-bond donors (Lipinski definition) is 0. The van der Waals surface area contributed by atoms with Gasteiger partial charge in [-0.2, -0.15) is 5.26 Å². The monoisotopic (exact) mass is 192 g/mol. The van der Waals surface area contributed by atoms with Crippen molar-refractivity contribution in [1.29, 1.82) is 5.26 Å². The first-order chi connectivity index (χ1) is 6.66. The van der Waals surface area contributed by atoms with Crippen LogP contribution >= 0.6 is 0 Å². The van der Waals surface area contributed by atoms with Crippen molar-refractivity contribution >= 4 is 0 Å². The van der Waals surface area contributed by atoms with Crippen LogP contribution in [0.25, 0.3) is 0 Å². The Morgan fingerprint density at radius 1 is 1.57 bits per heavy atom. The Hall–Kier alpha value is -0.550. The van der Waals surface area contributed by atoms with E-state index in [9.17, 15) is 0 Å². The SMILES string of the molecule is CC(C)C[C@@]12CCCN1C[C@@H](C#N)C2. The summed E-state index contributed by atoms with van der Waals surface area (Å²) in [5, 5.41) is 8.99. The lowest BCUT2D eigenvalue weighted by Gasteiger charge is -2.33. The average molecular weight is 192 g/mol. The number of nitriles is 1. The molecule has 14 heavy (non-hydrogen) atoms. The minimum absolute atomic E-state index is 0.300. The fourth-order valence-electron chi connectivity index (χ4n) is 3.46. The molecule has 0 aromatic carbocycles. The highest BCUT2D eigenvalue weighted by Gasteiger charge is 2.48. The second-order valence-corrected chi connectivity index (χ2v) is 5.40. The standard InChI is InChI=1S/C12H20N2/c1-10(2)6-12-4-3-5-14(12)9-11(7-12)8-13/h10-11H,3-7,9H2,1-2H3/t11-,12-/m1/s1. The maximum atomic E-state index is 8.99. The van der Waals surface area contributed by atoms with Gasteiger partial charge in [-0.25, -0.2) is 0 Å². The molecule has 2 rings (SSSR count). The molecule has 2 nitrogen and oxygen atoms in total. The summed E-state index contributed by atoms with van der Waals surface area (Å²) < 4.78 is 0. The Labute approximate surface area is 86.9 Å². The molecule has 78 valence electrons. The van der Waals surface area contributed by atoms with Gasteiger partial charge in [0.2, 0.25) is 0 Å². The highest BCUT2D eigenvalue weighted by molar-refractivity contribution is 5.08. The Kier molecular flexibility index (Phi) is 2.53. The van der Waals surface area contributed by atoms with Gasteiger partial charge in [-0.1, -0.05) is 13.8 Å². The summed E-state index contributed by atoms with van der Waals surface area (Å²) in [5.41, 5.74) is 0.411. The van der Waals surface area contributed by atoms with E-state index in [2.05, 4.69) is 24.8 Å². The van der Waals surface area contributed by atoms with E-state index in [0.29, 0.717) is 11.5 Å². The molecule has 0 aromatic heterocycles. The number of nitrogens with zero attached hydrogens (tertiary/aromatic N) is 2. The van der Waals surface area contributed by atoms with Gasteiger partial charge in [-0.3, -0.25) is 4.90 Å². The van der Waals surface area contributed by atoms with Gasteiger partial charge in [0.25, 0.3) is 0 Å². The summed E-state index contributed by atoms with van der Waals surface area (Å²) in [5.74, 6) is 1.06. The fourth-order valence-corrected chi connectivity index (χ4v) is 3.46. The zero-order valence-corrected chi connectivity index (χ0v) is 9.29. The van der Waals surface area contributed by atoms with Crippen LogP contribution in [0.1, 0.15) is 39.5 Å². The summed E-state index contributed by atoms with van der Waals surface area (Å²) >= 11 is 0.